The van der Waals surface area contributed by atoms with Crippen molar-refractivity contribution in [3.63, 3.8) is 0 Å². The van der Waals surface area contributed by atoms with E-state index in [4.69, 9.17) is 42.6 Å². The summed E-state index contributed by atoms with van der Waals surface area (Å²) in [5.41, 5.74) is 2.02. The van der Waals surface area contributed by atoms with Gasteiger partial charge in [0, 0.05) is 26.4 Å². The van der Waals surface area contributed by atoms with Crippen molar-refractivity contribution in [3.8, 4) is 0 Å². The van der Waals surface area contributed by atoms with Crippen LogP contribution >= 0.6 is 0 Å². The highest BCUT2D eigenvalue weighted by Crippen LogP contribution is 2.15. The maximum absolute atomic E-state index is 6.12. The summed E-state index contributed by atoms with van der Waals surface area (Å²) in [5, 5.41) is 0. The Morgan fingerprint density at radius 2 is 0.814 bits per heavy atom. The first kappa shape index (κ1) is 37.3. The fourth-order valence-electron chi connectivity index (χ4n) is 4.18. The maximum atomic E-state index is 6.12. The average molecular weight is 607 g/mol. The van der Waals surface area contributed by atoms with Gasteiger partial charge in [0.25, 0.3) is 13.0 Å². The predicted octanol–water partition coefficient (Wildman–Crippen LogP) is 7.18. The van der Waals surface area contributed by atoms with Crippen molar-refractivity contribution < 1.29 is 42.6 Å². The van der Waals surface area contributed by atoms with Gasteiger partial charge in [0.2, 0.25) is 0 Å². The maximum Gasteiger partial charge on any atom is 0.275 e. The van der Waals surface area contributed by atoms with E-state index in [1.165, 1.54) is 0 Å². The van der Waals surface area contributed by atoms with Crippen molar-refractivity contribution in [1.29, 1.82) is 0 Å². The quantitative estimate of drug-likeness (QED) is 0.0739. The van der Waals surface area contributed by atoms with E-state index >= 15 is 0 Å². The van der Waals surface area contributed by atoms with Gasteiger partial charge in [0.15, 0.2) is 12.6 Å². The number of rotatable bonds is 28. The molecule has 2 atom stereocenters. The lowest BCUT2D eigenvalue weighted by molar-refractivity contribution is -0.403. The lowest BCUT2D eigenvalue weighted by atomic mass is 10.2. The van der Waals surface area contributed by atoms with E-state index in [0.29, 0.717) is 52.9 Å². The minimum Gasteiger partial charge on any atom is -0.353 e. The fourth-order valence-corrected chi connectivity index (χ4v) is 4.18. The SMILES string of the molecule is CCOC(CCCCOC(OCc1ccccc1)OC(OCCCCC(OCC)OCC)OCc1ccccc1)OCC. The zero-order chi connectivity index (χ0) is 30.8. The molecule has 0 saturated heterocycles. The van der Waals surface area contributed by atoms with E-state index < -0.39 is 13.0 Å². The molecule has 0 aromatic heterocycles. The van der Waals surface area contributed by atoms with Crippen LogP contribution in [0.4, 0.5) is 0 Å². The Balaban J connectivity index is 1.94. The summed E-state index contributed by atoms with van der Waals surface area (Å²) in [4.78, 5) is 0. The van der Waals surface area contributed by atoms with E-state index in [2.05, 4.69) is 0 Å². The second kappa shape index (κ2) is 25.4. The molecule has 0 spiro atoms. The Morgan fingerprint density at radius 3 is 1.16 bits per heavy atom. The van der Waals surface area contributed by atoms with Crippen molar-refractivity contribution in [2.24, 2.45) is 0 Å². The Hall–Kier alpha value is -1.92. The smallest absolute Gasteiger partial charge is 0.275 e. The van der Waals surface area contributed by atoms with E-state index in [0.717, 1.165) is 49.7 Å². The molecule has 0 aliphatic heterocycles. The lowest BCUT2D eigenvalue weighted by Crippen LogP contribution is -2.31. The highest BCUT2D eigenvalue weighted by Gasteiger charge is 2.20. The first-order chi connectivity index (χ1) is 21.2. The molecule has 9 nitrogen and oxygen atoms in total. The number of hydrogen-bond donors (Lipinski definition) is 0. The Kier molecular flexibility index (Phi) is 22.0. The third-order valence-corrected chi connectivity index (χ3v) is 6.27. The number of ether oxygens (including phenoxy) is 9. The molecule has 2 rings (SSSR count). The van der Waals surface area contributed by atoms with Gasteiger partial charge >= 0.3 is 0 Å². The van der Waals surface area contributed by atoms with Crippen LogP contribution in [0.15, 0.2) is 60.7 Å². The summed E-state index contributed by atoms with van der Waals surface area (Å²) in [5.74, 6) is 0. The van der Waals surface area contributed by atoms with Gasteiger partial charge in [-0.2, -0.15) is 0 Å². The Morgan fingerprint density at radius 1 is 0.442 bits per heavy atom. The molecule has 0 bridgehead atoms. The highest BCUT2D eigenvalue weighted by atomic mass is 16.9. The molecule has 2 aromatic rings. The van der Waals surface area contributed by atoms with Crippen LogP contribution < -0.4 is 0 Å². The van der Waals surface area contributed by atoms with Crippen LogP contribution in [0, 0.1) is 0 Å². The minimum atomic E-state index is -0.976. The van der Waals surface area contributed by atoms with Gasteiger partial charge in [-0.3, -0.25) is 4.74 Å². The van der Waals surface area contributed by atoms with Crippen LogP contribution in [0.3, 0.4) is 0 Å². The zero-order valence-electron chi connectivity index (χ0n) is 26.7. The standard InChI is InChI=1S/C34H54O9/c1-5-35-31(36-6-2)23-15-17-25-39-33(41-27-29-19-11-9-12-20-29)43-34(42-28-30-21-13-10-14-22-30)40-26-18-16-24-32(37-7-3)38-8-4/h9-14,19-22,31-34H,5-8,15-18,23-28H2,1-4H3. The van der Waals surface area contributed by atoms with Gasteiger partial charge < -0.3 is 37.9 Å². The molecular formula is C34H54O9. The van der Waals surface area contributed by atoms with Crippen molar-refractivity contribution in [3.05, 3.63) is 71.8 Å². The minimum absolute atomic E-state index is 0.196. The van der Waals surface area contributed by atoms with Gasteiger partial charge in [0.1, 0.15) is 0 Å². The molecule has 9 heteroatoms. The lowest BCUT2D eigenvalue weighted by Gasteiger charge is -2.25. The number of unbranched alkanes of at least 4 members (excludes halogenated alkanes) is 2. The zero-order valence-corrected chi connectivity index (χ0v) is 26.7. The third kappa shape index (κ3) is 18.5. The van der Waals surface area contributed by atoms with E-state index in [1.54, 1.807) is 0 Å². The third-order valence-electron chi connectivity index (χ3n) is 6.27. The van der Waals surface area contributed by atoms with Crippen molar-refractivity contribution in [2.45, 2.75) is 105 Å². The molecule has 0 heterocycles. The topological polar surface area (TPSA) is 83.1 Å². The molecule has 0 saturated carbocycles. The molecule has 0 N–H and O–H groups in total. The van der Waals surface area contributed by atoms with Crippen LogP contribution in [0.25, 0.3) is 0 Å². The van der Waals surface area contributed by atoms with Crippen molar-refractivity contribution >= 4 is 0 Å². The van der Waals surface area contributed by atoms with Crippen LogP contribution in [0.2, 0.25) is 0 Å². The molecule has 2 aromatic carbocycles. The second-order valence-corrected chi connectivity index (χ2v) is 9.72. The van der Waals surface area contributed by atoms with Gasteiger partial charge in [-0.05, 0) is 77.3 Å². The molecule has 0 fully saturated rings. The predicted molar refractivity (Wildman–Crippen MR) is 165 cm³/mol. The fraction of sp³-hybridized carbons (Fsp3) is 0.647. The Bertz CT molecular complexity index is 787. The molecule has 0 aliphatic carbocycles. The summed E-state index contributed by atoms with van der Waals surface area (Å²) >= 11 is 0. The first-order valence-electron chi connectivity index (χ1n) is 15.8. The van der Waals surface area contributed by atoms with Gasteiger partial charge in [0.05, 0.1) is 26.4 Å². The second-order valence-electron chi connectivity index (χ2n) is 9.72. The van der Waals surface area contributed by atoms with E-state index in [-0.39, 0.29) is 12.6 Å². The average Bonchev–Trinajstić information content (AvgIpc) is 3.03. The summed E-state index contributed by atoms with van der Waals surface area (Å²) in [7, 11) is 0. The van der Waals surface area contributed by atoms with Crippen LogP contribution in [0.1, 0.15) is 77.3 Å². The molecule has 0 amide bonds. The monoisotopic (exact) mass is 606 g/mol. The first-order valence-corrected chi connectivity index (χ1v) is 15.8. The highest BCUT2D eigenvalue weighted by molar-refractivity contribution is 5.14. The summed E-state index contributed by atoms with van der Waals surface area (Å²) in [6.07, 6.45) is 4.54. The molecular weight excluding hydrogens is 552 g/mol. The van der Waals surface area contributed by atoms with Gasteiger partial charge in [-0.1, -0.05) is 60.7 Å². The molecule has 0 radical (unpaired) electrons. The molecule has 43 heavy (non-hydrogen) atoms. The normalized spacial score (nSPS) is 13.2. The Labute approximate surface area is 259 Å². The summed E-state index contributed by atoms with van der Waals surface area (Å²) < 4.78 is 52.9. The van der Waals surface area contributed by atoms with E-state index in [9.17, 15) is 0 Å². The molecule has 244 valence electrons. The van der Waals surface area contributed by atoms with Crippen LogP contribution in [-0.4, -0.2) is 65.2 Å². The number of benzene rings is 2. The van der Waals surface area contributed by atoms with Crippen molar-refractivity contribution in [1.82, 2.24) is 0 Å². The van der Waals surface area contributed by atoms with Crippen LogP contribution in [-0.2, 0) is 55.8 Å². The largest absolute Gasteiger partial charge is 0.353 e. The van der Waals surface area contributed by atoms with Gasteiger partial charge in [-0.25, -0.2) is 0 Å². The summed E-state index contributed by atoms with van der Waals surface area (Å²) in [6, 6.07) is 19.8. The summed E-state index contributed by atoms with van der Waals surface area (Å²) in [6.45, 7) is 9.93. The molecule has 2 unspecified atom stereocenters. The molecule has 0 aliphatic rings. The van der Waals surface area contributed by atoms with Crippen LogP contribution in [0.5, 0.6) is 0 Å². The number of hydrogen-bond acceptors (Lipinski definition) is 9. The van der Waals surface area contributed by atoms with Crippen molar-refractivity contribution in [2.75, 3.05) is 39.6 Å². The van der Waals surface area contributed by atoms with E-state index in [1.807, 2.05) is 88.4 Å². The van der Waals surface area contributed by atoms with Gasteiger partial charge in [-0.15, -0.1) is 0 Å².